The molecule has 2 fully saturated rings. The summed E-state index contributed by atoms with van der Waals surface area (Å²) in [7, 11) is 0. The molecular weight excluding hydrogens is 452 g/mol. The lowest BCUT2D eigenvalue weighted by Crippen LogP contribution is -2.53. The number of benzene rings is 1. The maximum absolute atomic E-state index is 12.9. The van der Waals surface area contributed by atoms with Gasteiger partial charge in [-0.1, -0.05) is 36.4 Å². The van der Waals surface area contributed by atoms with E-state index in [0.29, 0.717) is 17.4 Å². The Labute approximate surface area is 183 Å². The van der Waals surface area contributed by atoms with Gasteiger partial charge in [0.15, 0.2) is 0 Å². The first-order valence-electron chi connectivity index (χ1n) is 9.94. The van der Waals surface area contributed by atoms with Gasteiger partial charge < -0.3 is 19.5 Å². The van der Waals surface area contributed by atoms with Crippen molar-refractivity contribution in [3.8, 4) is 0 Å². The molecule has 2 aliphatic heterocycles. The number of carbonyl (C=O) groups excluding carboxylic acids is 1. The van der Waals surface area contributed by atoms with Crippen molar-refractivity contribution in [3.63, 3.8) is 0 Å². The zero-order valence-electron chi connectivity index (χ0n) is 16.4. The Morgan fingerprint density at radius 3 is 2.47 bits per heavy atom. The predicted octanol–water partition coefficient (Wildman–Crippen LogP) is 4.10. The molecule has 7 nitrogen and oxygen atoms in total. The molecule has 1 amide bonds. The molecule has 0 radical (unpaired) electrons. The molecule has 1 aromatic carbocycles. The van der Waals surface area contributed by atoms with E-state index in [2.05, 4.69) is 20.9 Å². The number of carboxylic acids is 1. The number of hydrogen-bond acceptors (Lipinski definition) is 5. The molecular formula is C22H23BrN2O5. The lowest BCUT2D eigenvalue weighted by molar-refractivity contribution is -0.158. The minimum Gasteiger partial charge on any atom is -0.480 e. The number of nitrogens with zero attached hydrogens (tertiary/aromatic N) is 2. The van der Waals surface area contributed by atoms with Gasteiger partial charge in [0, 0.05) is 36.7 Å². The van der Waals surface area contributed by atoms with Crippen molar-refractivity contribution in [2.24, 2.45) is 0 Å². The molecule has 1 N–H and O–H groups in total. The summed E-state index contributed by atoms with van der Waals surface area (Å²) in [5.41, 5.74) is 0.946. The maximum Gasteiger partial charge on any atom is 0.410 e. The normalized spacial score (nSPS) is 25.2. The van der Waals surface area contributed by atoms with Crippen LogP contribution in [0, 0.1) is 0 Å². The summed E-state index contributed by atoms with van der Waals surface area (Å²) < 4.78 is 12.2. The molecule has 2 bridgehead atoms. The third-order valence-corrected chi connectivity index (χ3v) is 6.52. The summed E-state index contributed by atoms with van der Waals surface area (Å²) in [4.78, 5) is 30.2. The van der Waals surface area contributed by atoms with Gasteiger partial charge in [-0.2, -0.15) is 0 Å². The van der Waals surface area contributed by atoms with Gasteiger partial charge in [0.05, 0.1) is 0 Å². The minimum atomic E-state index is -1.02. The van der Waals surface area contributed by atoms with Crippen molar-refractivity contribution in [2.75, 3.05) is 6.61 Å². The number of fused-ring (bicyclic) bond motifs is 2. The van der Waals surface area contributed by atoms with Crippen molar-refractivity contribution in [1.82, 2.24) is 9.88 Å². The van der Waals surface area contributed by atoms with E-state index in [-0.39, 0.29) is 24.8 Å². The van der Waals surface area contributed by atoms with Crippen molar-refractivity contribution in [2.45, 2.75) is 50.0 Å². The first kappa shape index (κ1) is 20.8. The van der Waals surface area contributed by atoms with E-state index in [1.807, 2.05) is 47.4 Å². The predicted molar refractivity (Wildman–Crippen MR) is 112 cm³/mol. The van der Waals surface area contributed by atoms with Gasteiger partial charge in [-0.25, -0.2) is 14.6 Å². The Morgan fingerprint density at radius 1 is 1.13 bits per heavy atom. The quantitative estimate of drug-likeness (QED) is 0.633. The van der Waals surface area contributed by atoms with Gasteiger partial charge in [0.25, 0.3) is 0 Å². The Balaban J connectivity index is 1.53. The molecule has 1 aromatic heterocycles. The second kappa shape index (κ2) is 8.73. The number of aromatic nitrogens is 1. The highest BCUT2D eigenvalue weighted by atomic mass is 79.9. The van der Waals surface area contributed by atoms with Crippen LogP contribution in [0.15, 0.2) is 53.3 Å². The van der Waals surface area contributed by atoms with E-state index in [1.54, 1.807) is 6.20 Å². The van der Waals surface area contributed by atoms with Crippen LogP contribution in [0.25, 0.3) is 0 Å². The molecule has 2 unspecified atom stereocenters. The molecule has 0 spiro atoms. The van der Waals surface area contributed by atoms with Gasteiger partial charge in [-0.3, -0.25) is 0 Å². The highest BCUT2D eigenvalue weighted by Crippen LogP contribution is 2.49. The van der Waals surface area contributed by atoms with Crippen LogP contribution in [-0.2, 0) is 26.5 Å². The smallest absolute Gasteiger partial charge is 0.410 e. The maximum atomic E-state index is 12.9. The molecule has 158 valence electrons. The van der Waals surface area contributed by atoms with E-state index in [4.69, 9.17) is 9.47 Å². The summed E-state index contributed by atoms with van der Waals surface area (Å²) in [6.45, 7) is -0.177. The van der Waals surface area contributed by atoms with Gasteiger partial charge >= 0.3 is 12.1 Å². The summed E-state index contributed by atoms with van der Waals surface area (Å²) >= 11 is 3.49. The Hall–Kier alpha value is -2.45. The van der Waals surface area contributed by atoms with Gasteiger partial charge in [0.1, 0.15) is 23.4 Å². The number of carbonyl (C=O) groups is 2. The van der Waals surface area contributed by atoms with Crippen LogP contribution in [0.3, 0.4) is 0 Å². The Morgan fingerprint density at radius 2 is 1.83 bits per heavy atom. The van der Waals surface area contributed by atoms with Crippen LogP contribution in [0.1, 0.15) is 36.8 Å². The third kappa shape index (κ3) is 4.20. The molecule has 2 aliphatic rings. The number of rotatable bonds is 6. The van der Waals surface area contributed by atoms with Crippen molar-refractivity contribution in [1.29, 1.82) is 0 Å². The molecule has 2 saturated heterocycles. The molecule has 0 saturated carbocycles. The number of amides is 1. The zero-order chi connectivity index (χ0) is 21.1. The summed E-state index contributed by atoms with van der Waals surface area (Å²) in [6.07, 6.45) is 4.01. The first-order chi connectivity index (χ1) is 14.5. The van der Waals surface area contributed by atoms with Crippen molar-refractivity contribution in [3.05, 3.63) is 64.4 Å². The lowest BCUT2D eigenvalue weighted by Gasteiger charge is -2.46. The van der Waals surface area contributed by atoms with Crippen LogP contribution in [0.5, 0.6) is 0 Å². The summed E-state index contributed by atoms with van der Waals surface area (Å²) in [6, 6.07) is 13.1. The number of hydrogen-bond donors (Lipinski definition) is 1. The molecule has 2 aromatic rings. The molecule has 4 rings (SSSR count). The number of ether oxygens (including phenoxy) is 2. The summed E-state index contributed by atoms with van der Waals surface area (Å²) in [5.74, 6) is -1.02. The second-order valence-corrected chi connectivity index (χ2v) is 8.51. The molecule has 3 heterocycles. The van der Waals surface area contributed by atoms with E-state index in [1.165, 1.54) is 0 Å². The van der Waals surface area contributed by atoms with Gasteiger partial charge in [-0.15, -0.1) is 0 Å². The van der Waals surface area contributed by atoms with Gasteiger partial charge in [-0.05, 0) is 40.4 Å². The number of halogens is 1. The van der Waals surface area contributed by atoms with Crippen LogP contribution in [0.4, 0.5) is 4.79 Å². The highest BCUT2D eigenvalue weighted by Gasteiger charge is 2.53. The Kier molecular flexibility index (Phi) is 6.06. The lowest BCUT2D eigenvalue weighted by atomic mass is 9.81. The largest absolute Gasteiger partial charge is 0.480 e. The number of pyridine rings is 1. The van der Waals surface area contributed by atoms with E-state index >= 15 is 0 Å². The van der Waals surface area contributed by atoms with Crippen LogP contribution in [0.2, 0.25) is 0 Å². The van der Waals surface area contributed by atoms with E-state index in [0.717, 1.165) is 24.0 Å². The fraction of sp³-hybridized carbons (Fsp3) is 0.409. The van der Waals surface area contributed by atoms with E-state index < -0.39 is 18.2 Å². The number of carboxylic acid groups (broad SMARTS) is 1. The van der Waals surface area contributed by atoms with Gasteiger partial charge in [0.2, 0.25) is 0 Å². The molecule has 0 aliphatic carbocycles. The van der Waals surface area contributed by atoms with Crippen molar-refractivity contribution >= 4 is 28.0 Å². The van der Waals surface area contributed by atoms with Crippen LogP contribution in [-0.4, -0.2) is 45.7 Å². The SMILES string of the molecule is O=C(O)COC1(c2cccnc2Br)CC2CCC(C1)N2C(=O)OCc1ccccc1. The van der Waals surface area contributed by atoms with Crippen LogP contribution >= 0.6 is 15.9 Å². The standard InChI is InChI=1S/C22H23BrN2O5/c23-20-18(7-4-10-24-20)22(30-14-19(26)27)11-16-8-9-17(12-22)25(16)21(28)29-13-15-5-2-1-3-6-15/h1-7,10,16-17H,8-9,11-14H2,(H,26,27). The molecule has 8 heteroatoms. The minimum absolute atomic E-state index is 0.0760. The summed E-state index contributed by atoms with van der Waals surface area (Å²) in [5, 5.41) is 9.20. The number of aliphatic carboxylic acids is 1. The molecule has 2 atom stereocenters. The number of piperidine rings is 1. The zero-order valence-corrected chi connectivity index (χ0v) is 18.0. The third-order valence-electron chi connectivity index (χ3n) is 5.89. The fourth-order valence-electron chi connectivity index (χ4n) is 4.64. The van der Waals surface area contributed by atoms with Crippen molar-refractivity contribution < 1.29 is 24.2 Å². The highest BCUT2D eigenvalue weighted by molar-refractivity contribution is 9.10. The second-order valence-electron chi connectivity index (χ2n) is 7.76. The topological polar surface area (TPSA) is 89.0 Å². The first-order valence-corrected chi connectivity index (χ1v) is 10.7. The monoisotopic (exact) mass is 474 g/mol. The van der Waals surface area contributed by atoms with Crippen LogP contribution < -0.4 is 0 Å². The average molecular weight is 475 g/mol. The average Bonchev–Trinajstić information content (AvgIpc) is 3.03. The fourth-order valence-corrected chi connectivity index (χ4v) is 5.25. The molecule has 30 heavy (non-hydrogen) atoms. The van der Waals surface area contributed by atoms with E-state index in [9.17, 15) is 14.7 Å². The Bertz CT molecular complexity index is 909.